The van der Waals surface area contributed by atoms with Gasteiger partial charge in [-0.1, -0.05) is 26.0 Å². The largest absolute Gasteiger partial charge is 0.330 e. The Hall–Kier alpha value is -0.910. The highest BCUT2D eigenvalue weighted by Gasteiger charge is 2.31. The zero-order valence-electron chi connectivity index (χ0n) is 12.2. The molecule has 2 N–H and O–H groups in total. The first-order valence-corrected chi connectivity index (χ1v) is 8.66. The zero-order chi connectivity index (χ0) is 14.8. The summed E-state index contributed by atoms with van der Waals surface area (Å²) in [5.41, 5.74) is 6.58. The molecule has 0 saturated carbocycles. The number of piperidine rings is 1. The quantitative estimate of drug-likeness (QED) is 0.922. The van der Waals surface area contributed by atoms with E-state index in [4.69, 9.17) is 5.73 Å². The van der Waals surface area contributed by atoms with Crippen LogP contribution in [0.25, 0.3) is 0 Å². The van der Waals surface area contributed by atoms with Crippen molar-refractivity contribution in [2.75, 3.05) is 19.6 Å². The summed E-state index contributed by atoms with van der Waals surface area (Å²) in [5, 5.41) is 0. The Kier molecular flexibility index (Phi) is 4.83. The maximum atomic E-state index is 12.6. The van der Waals surface area contributed by atoms with Crippen molar-refractivity contribution < 1.29 is 8.42 Å². The predicted molar refractivity (Wildman–Crippen MR) is 80.9 cm³/mol. The van der Waals surface area contributed by atoms with E-state index in [2.05, 4.69) is 13.8 Å². The Labute approximate surface area is 122 Å². The lowest BCUT2D eigenvalue weighted by Gasteiger charge is -2.34. The molecular formula is C15H24N2O2S. The molecule has 0 radical (unpaired) electrons. The van der Waals surface area contributed by atoms with Gasteiger partial charge in [-0.15, -0.1) is 0 Å². The Balaban J connectivity index is 2.21. The average Bonchev–Trinajstić information content (AvgIpc) is 2.38. The minimum absolute atomic E-state index is 0.388. The number of rotatable bonds is 4. The van der Waals surface area contributed by atoms with E-state index in [1.54, 1.807) is 16.4 Å². The summed E-state index contributed by atoms with van der Waals surface area (Å²) in [4.78, 5) is 0.388. The lowest BCUT2D eigenvalue weighted by Crippen LogP contribution is -2.42. The zero-order valence-corrected chi connectivity index (χ0v) is 13.1. The Bertz CT molecular complexity index is 529. The van der Waals surface area contributed by atoms with E-state index in [1.165, 1.54) is 0 Å². The Morgan fingerprint density at radius 3 is 2.20 bits per heavy atom. The summed E-state index contributed by atoms with van der Waals surface area (Å²) < 4.78 is 26.9. The van der Waals surface area contributed by atoms with Crippen LogP contribution < -0.4 is 5.73 Å². The van der Waals surface area contributed by atoms with E-state index in [0.717, 1.165) is 18.4 Å². The van der Waals surface area contributed by atoms with E-state index < -0.39 is 10.0 Å². The van der Waals surface area contributed by atoms with Crippen molar-refractivity contribution in [1.82, 2.24) is 4.31 Å². The molecule has 0 aromatic heterocycles. The molecule has 1 aromatic rings. The van der Waals surface area contributed by atoms with Crippen LogP contribution in [0, 0.1) is 11.8 Å². The average molecular weight is 296 g/mol. The summed E-state index contributed by atoms with van der Waals surface area (Å²) in [7, 11) is -3.36. The predicted octanol–water partition coefficient (Wildman–Crippen LogP) is 1.85. The molecule has 1 aliphatic rings. The first-order chi connectivity index (χ1) is 9.43. The van der Waals surface area contributed by atoms with Crippen molar-refractivity contribution in [2.45, 2.75) is 31.6 Å². The van der Waals surface area contributed by atoms with Gasteiger partial charge in [-0.3, -0.25) is 0 Å². The SMILES string of the molecule is CC1CC(C)CN(S(=O)(=O)c2ccc(CCN)cc2)C1. The second-order valence-corrected chi connectivity index (χ2v) is 7.89. The maximum absolute atomic E-state index is 12.6. The van der Waals surface area contributed by atoms with Gasteiger partial charge in [0.2, 0.25) is 10.0 Å². The topological polar surface area (TPSA) is 63.4 Å². The van der Waals surface area contributed by atoms with E-state index in [-0.39, 0.29) is 0 Å². The molecule has 1 heterocycles. The van der Waals surface area contributed by atoms with Crippen LogP contribution in [-0.2, 0) is 16.4 Å². The van der Waals surface area contributed by atoms with Gasteiger partial charge in [0.25, 0.3) is 0 Å². The van der Waals surface area contributed by atoms with Gasteiger partial charge < -0.3 is 5.73 Å². The number of hydrogen-bond donors (Lipinski definition) is 1. The molecule has 2 rings (SSSR count). The highest BCUT2D eigenvalue weighted by Crippen LogP contribution is 2.26. The van der Waals surface area contributed by atoms with E-state index >= 15 is 0 Å². The fourth-order valence-corrected chi connectivity index (χ4v) is 4.63. The monoisotopic (exact) mass is 296 g/mol. The molecule has 112 valence electrons. The van der Waals surface area contributed by atoms with Crippen molar-refractivity contribution in [1.29, 1.82) is 0 Å². The molecule has 20 heavy (non-hydrogen) atoms. The first kappa shape index (κ1) is 15.5. The lowest BCUT2D eigenvalue weighted by molar-refractivity contribution is 0.222. The second-order valence-electron chi connectivity index (χ2n) is 5.95. The lowest BCUT2D eigenvalue weighted by atomic mass is 9.94. The summed E-state index contributed by atoms with van der Waals surface area (Å²) >= 11 is 0. The van der Waals surface area contributed by atoms with Gasteiger partial charge in [-0.2, -0.15) is 4.31 Å². The fraction of sp³-hybridized carbons (Fsp3) is 0.600. The fourth-order valence-electron chi connectivity index (χ4n) is 2.95. The molecule has 4 nitrogen and oxygen atoms in total. The number of sulfonamides is 1. The van der Waals surface area contributed by atoms with Crippen LogP contribution in [0.5, 0.6) is 0 Å². The van der Waals surface area contributed by atoms with Crippen LogP contribution in [0.3, 0.4) is 0 Å². The van der Waals surface area contributed by atoms with Crippen LogP contribution in [0.15, 0.2) is 29.2 Å². The van der Waals surface area contributed by atoms with Crippen LogP contribution in [0.2, 0.25) is 0 Å². The Morgan fingerprint density at radius 1 is 1.15 bits per heavy atom. The summed E-state index contributed by atoms with van der Waals surface area (Å²) in [6, 6.07) is 7.11. The molecule has 0 bridgehead atoms. The normalized spacial score (nSPS) is 24.8. The van der Waals surface area contributed by atoms with Gasteiger partial charge in [0.15, 0.2) is 0 Å². The van der Waals surface area contributed by atoms with Crippen molar-refractivity contribution in [3.63, 3.8) is 0 Å². The third-order valence-electron chi connectivity index (χ3n) is 3.83. The van der Waals surface area contributed by atoms with Crippen LogP contribution >= 0.6 is 0 Å². The van der Waals surface area contributed by atoms with Crippen molar-refractivity contribution in [2.24, 2.45) is 17.6 Å². The molecule has 1 fully saturated rings. The maximum Gasteiger partial charge on any atom is 0.243 e. The number of nitrogens with two attached hydrogens (primary N) is 1. The molecule has 2 atom stereocenters. The highest BCUT2D eigenvalue weighted by atomic mass is 32.2. The minimum atomic E-state index is -3.36. The van der Waals surface area contributed by atoms with Gasteiger partial charge in [0.05, 0.1) is 4.90 Å². The van der Waals surface area contributed by atoms with Crippen molar-refractivity contribution in [3.8, 4) is 0 Å². The molecule has 1 saturated heterocycles. The smallest absolute Gasteiger partial charge is 0.243 e. The summed E-state index contributed by atoms with van der Waals surface area (Å²) in [5.74, 6) is 0.843. The molecule has 1 aliphatic heterocycles. The van der Waals surface area contributed by atoms with Gasteiger partial charge in [0, 0.05) is 13.1 Å². The van der Waals surface area contributed by atoms with Crippen molar-refractivity contribution in [3.05, 3.63) is 29.8 Å². The van der Waals surface area contributed by atoms with Gasteiger partial charge in [-0.05, 0) is 48.9 Å². The number of hydrogen-bond acceptors (Lipinski definition) is 3. The second kappa shape index (κ2) is 6.24. The van der Waals surface area contributed by atoms with Crippen LogP contribution in [-0.4, -0.2) is 32.4 Å². The third-order valence-corrected chi connectivity index (χ3v) is 5.68. The Morgan fingerprint density at radius 2 is 1.70 bits per heavy atom. The van der Waals surface area contributed by atoms with Gasteiger partial charge >= 0.3 is 0 Å². The molecule has 0 aliphatic carbocycles. The van der Waals surface area contributed by atoms with Crippen molar-refractivity contribution >= 4 is 10.0 Å². The standard InChI is InChI=1S/C15H24N2O2S/c1-12-9-13(2)11-17(10-12)20(18,19)15-5-3-14(4-6-15)7-8-16/h3-6,12-13H,7-11,16H2,1-2H3. The molecule has 0 spiro atoms. The van der Waals surface area contributed by atoms with Crippen LogP contribution in [0.1, 0.15) is 25.8 Å². The van der Waals surface area contributed by atoms with E-state index in [0.29, 0.717) is 36.4 Å². The summed E-state index contributed by atoms with van der Waals surface area (Å²) in [6.07, 6.45) is 1.87. The minimum Gasteiger partial charge on any atom is -0.330 e. The molecule has 2 unspecified atom stereocenters. The summed E-state index contributed by atoms with van der Waals surface area (Å²) in [6.45, 7) is 6.05. The molecule has 1 aromatic carbocycles. The van der Waals surface area contributed by atoms with Crippen LogP contribution in [0.4, 0.5) is 0 Å². The first-order valence-electron chi connectivity index (χ1n) is 7.22. The van der Waals surface area contributed by atoms with Gasteiger partial charge in [0.1, 0.15) is 0 Å². The molecular weight excluding hydrogens is 272 g/mol. The number of benzene rings is 1. The molecule has 0 amide bonds. The van der Waals surface area contributed by atoms with E-state index in [1.807, 2.05) is 12.1 Å². The molecule has 5 heteroatoms. The van der Waals surface area contributed by atoms with E-state index in [9.17, 15) is 8.42 Å². The third kappa shape index (κ3) is 3.40. The van der Waals surface area contributed by atoms with Gasteiger partial charge in [-0.25, -0.2) is 8.42 Å². The highest BCUT2D eigenvalue weighted by molar-refractivity contribution is 7.89. The number of nitrogens with zero attached hydrogens (tertiary/aromatic N) is 1.